The van der Waals surface area contributed by atoms with Crippen LogP contribution in [0.4, 0.5) is 13.2 Å². The van der Waals surface area contributed by atoms with E-state index in [4.69, 9.17) is 0 Å². The Morgan fingerprint density at radius 1 is 1.14 bits per heavy atom. The third kappa shape index (κ3) is 6.32. The van der Waals surface area contributed by atoms with E-state index in [0.29, 0.717) is 44.7 Å². The van der Waals surface area contributed by atoms with Crippen LogP contribution in [0.5, 0.6) is 0 Å². The molecule has 2 N–H and O–H groups in total. The highest BCUT2D eigenvalue weighted by Gasteiger charge is 2.43. The Labute approximate surface area is 174 Å². The van der Waals surface area contributed by atoms with E-state index in [1.54, 1.807) is 29.2 Å². The number of rotatable bonds is 6. The van der Waals surface area contributed by atoms with Crippen molar-refractivity contribution in [3.63, 3.8) is 0 Å². The van der Waals surface area contributed by atoms with Crippen molar-refractivity contribution < 1.29 is 22.8 Å². The summed E-state index contributed by atoms with van der Waals surface area (Å²) in [4.78, 5) is 27.1. The molecular formula is C19H26ClF3N4O2. The summed E-state index contributed by atoms with van der Waals surface area (Å²) in [5.41, 5.74) is 1.19. The fourth-order valence-corrected chi connectivity index (χ4v) is 3.59. The topological polar surface area (TPSA) is 64.7 Å². The largest absolute Gasteiger partial charge is 0.405 e. The quantitative estimate of drug-likeness (QED) is 0.716. The number of nitrogens with one attached hydrogen (secondary N) is 2. The number of carbonyl (C=O) groups excluding carboxylic acids is 2. The van der Waals surface area contributed by atoms with Gasteiger partial charge in [-0.25, -0.2) is 0 Å². The van der Waals surface area contributed by atoms with Gasteiger partial charge in [0.1, 0.15) is 6.04 Å². The molecule has 10 heteroatoms. The van der Waals surface area contributed by atoms with Gasteiger partial charge < -0.3 is 15.5 Å². The van der Waals surface area contributed by atoms with Gasteiger partial charge in [-0.1, -0.05) is 12.1 Å². The van der Waals surface area contributed by atoms with Crippen molar-refractivity contribution in [2.24, 2.45) is 0 Å². The van der Waals surface area contributed by atoms with Crippen molar-refractivity contribution in [2.45, 2.75) is 31.6 Å². The summed E-state index contributed by atoms with van der Waals surface area (Å²) in [6.07, 6.45) is -2.99. The lowest BCUT2D eigenvalue weighted by molar-refractivity contribution is -0.183. The molecule has 1 aromatic carbocycles. The molecule has 0 radical (unpaired) electrons. The van der Waals surface area contributed by atoms with Crippen LogP contribution < -0.4 is 10.6 Å². The van der Waals surface area contributed by atoms with E-state index in [9.17, 15) is 22.8 Å². The highest BCUT2D eigenvalue weighted by Crippen LogP contribution is 2.25. The first-order valence-corrected chi connectivity index (χ1v) is 9.51. The van der Waals surface area contributed by atoms with Crippen LogP contribution in [0.15, 0.2) is 24.3 Å². The maximum absolute atomic E-state index is 13.4. The number of benzene rings is 1. The van der Waals surface area contributed by atoms with Crippen LogP contribution in [0, 0.1) is 0 Å². The predicted octanol–water partition coefficient (Wildman–Crippen LogP) is 1.80. The summed E-state index contributed by atoms with van der Waals surface area (Å²) in [5.74, 6) is -0.416. The third-order valence-corrected chi connectivity index (χ3v) is 5.19. The van der Waals surface area contributed by atoms with Gasteiger partial charge in [0, 0.05) is 57.8 Å². The van der Waals surface area contributed by atoms with Crippen LogP contribution in [-0.2, 0) is 11.3 Å². The molecule has 0 aliphatic carbocycles. The van der Waals surface area contributed by atoms with E-state index in [-0.39, 0.29) is 18.3 Å². The van der Waals surface area contributed by atoms with E-state index in [1.165, 1.54) is 4.90 Å². The smallest absolute Gasteiger partial charge is 0.350 e. The summed E-state index contributed by atoms with van der Waals surface area (Å²) in [5, 5.41) is 5.44. The molecular weight excluding hydrogens is 409 g/mol. The minimum atomic E-state index is -4.41. The number of hydrogen-bond donors (Lipinski definition) is 2. The lowest BCUT2D eigenvalue weighted by Crippen LogP contribution is -2.57. The van der Waals surface area contributed by atoms with Crippen LogP contribution >= 0.6 is 12.4 Å². The van der Waals surface area contributed by atoms with E-state index in [1.807, 2.05) is 0 Å². The van der Waals surface area contributed by atoms with E-state index in [0.717, 1.165) is 18.5 Å². The normalized spacial score (nSPS) is 19.0. The Kier molecular flexibility index (Phi) is 8.30. The fourth-order valence-electron chi connectivity index (χ4n) is 3.59. The molecule has 3 rings (SSSR count). The number of nitrogens with zero attached hydrogens (tertiary/aromatic N) is 2. The molecule has 2 heterocycles. The molecule has 6 nitrogen and oxygen atoms in total. The summed E-state index contributed by atoms with van der Waals surface area (Å²) < 4.78 is 40.2. The lowest BCUT2D eigenvalue weighted by atomic mass is 10.1. The molecule has 1 unspecified atom stereocenters. The standard InChI is InChI=1S/C19H25F3N4O2.ClH/c20-19(21,22)16(25-10-7-23-8-11-25)12-24-18(28)15-5-3-14(4-6-15)13-26-9-1-2-17(26)27;/h3-6,16,23H,1-2,7-13H2,(H,24,28);1H. The van der Waals surface area contributed by atoms with Gasteiger partial charge in [-0.2, -0.15) is 13.2 Å². The van der Waals surface area contributed by atoms with Crippen molar-refractivity contribution in [2.75, 3.05) is 39.3 Å². The number of halogens is 4. The first-order chi connectivity index (χ1) is 13.3. The molecule has 0 aromatic heterocycles. The Morgan fingerprint density at radius 2 is 1.79 bits per heavy atom. The highest BCUT2D eigenvalue weighted by molar-refractivity contribution is 5.94. The molecule has 1 atom stereocenters. The fraction of sp³-hybridized carbons (Fsp3) is 0.579. The van der Waals surface area contributed by atoms with Gasteiger partial charge in [0.25, 0.3) is 5.91 Å². The monoisotopic (exact) mass is 434 g/mol. The van der Waals surface area contributed by atoms with Crippen LogP contribution in [0.3, 0.4) is 0 Å². The minimum absolute atomic E-state index is 0. The molecule has 0 bridgehead atoms. The van der Waals surface area contributed by atoms with E-state index >= 15 is 0 Å². The first-order valence-electron chi connectivity index (χ1n) is 9.51. The maximum atomic E-state index is 13.4. The minimum Gasteiger partial charge on any atom is -0.350 e. The zero-order chi connectivity index (χ0) is 20.1. The molecule has 1 aromatic rings. The zero-order valence-electron chi connectivity index (χ0n) is 16.0. The number of amides is 2. The molecule has 2 aliphatic rings. The number of likely N-dealkylation sites (tertiary alicyclic amines) is 1. The van der Waals surface area contributed by atoms with Crippen LogP contribution in [0.1, 0.15) is 28.8 Å². The second-order valence-corrected chi connectivity index (χ2v) is 7.17. The number of piperazine rings is 1. The van der Waals surface area contributed by atoms with Crippen molar-refractivity contribution in [3.8, 4) is 0 Å². The van der Waals surface area contributed by atoms with Crippen molar-refractivity contribution >= 4 is 24.2 Å². The van der Waals surface area contributed by atoms with Crippen LogP contribution in [-0.4, -0.2) is 73.1 Å². The SMILES string of the molecule is Cl.O=C(NCC(N1CCNCC1)C(F)(F)F)c1ccc(CN2CCCC2=O)cc1. The van der Waals surface area contributed by atoms with Gasteiger partial charge in [0.2, 0.25) is 5.91 Å². The highest BCUT2D eigenvalue weighted by atomic mass is 35.5. The second-order valence-electron chi connectivity index (χ2n) is 7.17. The zero-order valence-corrected chi connectivity index (χ0v) is 16.8. The molecule has 0 saturated carbocycles. The van der Waals surface area contributed by atoms with Crippen molar-refractivity contribution in [1.29, 1.82) is 0 Å². The van der Waals surface area contributed by atoms with Gasteiger partial charge in [-0.15, -0.1) is 12.4 Å². The summed E-state index contributed by atoms with van der Waals surface area (Å²) in [6.45, 7) is 2.33. The average molecular weight is 435 g/mol. The lowest BCUT2D eigenvalue weighted by Gasteiger charge is -2.35. The Balaban J connectivity index is 0.00000300. The van der Waals surface area contributed by atoms with Crippen molar-refractivity contribution in [1.82, 2.24) is 20.4 Å². The van der Waals surface area contributed by atoms with Gasteiger partial charge in [0.15, 0.2) is 0 Å². The molecule has 162 valence electrons. The summed E-state index contributed by atoms with van der Waals surface area (Å²) in [7, 11) is 0. The van der Waals surface area contributed by atoms with E-state index < -0.39 is 24.7 Å². The summed E-state index contributed by atoms with van der Waals surface area (Å²) in [6, 6.07) is 4.94. The van der Waals surface area contributed by atoms with Gasteiger partial charge >= 0.3 is 6.18 Å². The average Bonchev–Trinajstić information content (AvgIpc) is 3.07. The van der Waals surface area contributed by atoms with Crippen LogP contribution in [0.25, 0.3) is 0 Å². The summed E-state index contributed by atoms with van der Waals surface area (Å²) >= 11 is 0. The Morgan fingerprint density at radius 3 is 2.34 bits per heavy atom. The number of carbonyl (C=O) groups is 2. The Hall–Kier alpha value is -1.84. The Bertz CT molecular complexity index is 694. The number of hydrogen-bond acceptors (Lipinski definition) is 4. The first kappa shape index (κ1) is 23.4. The van der Waals surface area contributed by atoms with E-state index in [2.05, 4.69) is 10.6 Å². The molecule has 2 fully saturated rings. The molecule has 29 heavy (non-hydrogen) atoms. The van der Waals surface area contributed by atoms with Crippen molar-refractivity contribution in [3.05, 3.63) is 35.4 Å². The maximum Gasteiger partial charge on any atom is 0.405 e. The molecule has 2 amide bonds. The molecule has 2 saturated heterocycles. The van der Waals surface area contributed by atoms with Crippen LogP contribution in [0.2, 0.25) is 0 Å². The van der Waals surface area contributed by atoms with Gasteiger partial charge in [0.05, 0.1) is 0 Å². The third-order valence-electron chi connectivity index (χ3n) is 5.19. The van der Waals surface area contributed by atoms with Gasteiger partial charge in [-0.3, -0.25) is 14.5 Å². The molecule has 2 aliphatic heterocycles. The molecule has 0 spiro atoms. The number of alkyl halides is 3. The predicted molar refractivity (Wildman–Crippen MR) is 105 cm³/mol. The second kappa shape index (κ2) is 10.3. The van der Waals surface area contributed by atoms with Gasteiger partial charge in [-0.05, 0) is 24.1 Å².